The number of carbonyl (C=O) groups is 2. The number of benzene rings is 3. The predicted molar refractivity (Wildman–Crippen MR) is 178 cm³/mol. The van der Waals surface area contributed by atoms with Crippen molar-refractivity contribution < 1.29 is 9.59 Å². The van der Waals surface area contributed by atoms with Gasteiger partial charge in [0.25, 0.3) is 0 Å². The molecule has 0 spiro atoms. The zero-order valence-electron chi connectivity index (χ0n) is 26.1. The first kappa shape index (κ1) is 32.2. The SMILES string of the molecule is CCN(CC)CC(c1ccccc1)N1CCCN(C(=O)[C@@H](Cc2ccc(Cl)cc2)NC(=O)[C@H]2Cc3ccccc3CN2)CC1. The number of halogens is 1. The molecule has 5 rings (SSSR count). The second kappa shape index (κ2) is 15.7. The average Bonchev–Trinajstić information content (AvgIpc) is 3.32. The topological polar surface area (TPSA) is 67.9 Å². The van der Waals surface area contributed by atoms with Gasteiger partial charge in [0.15, 0.2) is 0 Å². The predicted octanol–water partition coefficient (Wildman–Crippen LogP) is 4.70. The van der Waals surface area contributed by atoms with Crippen molar-refractivity contribution in [1.29, 1.82) is 0 Å². The van der Waals surface area contributed by atoms with Crippen molar-refractivity contribution in [2.75, 3.05) is 45.8 Å². The molecule has 0 aromatic heterocycles. The van der Waals surface area contributed by atoms with Crippen LogP contribution >= 0.6 is 11.6 Å². The van der Waals surface area contributed by atoms with Crippen LogP contribution in [0.25, 0.3) is 0 Å². The molecule has 2 aliphatic rings. The summed E-state index contributed by atoms with van der Waals surface area (Å²) in [5.74, 6) is -0.155. The lowest BCUT2D eigenvalue weighted by Crippen LogP contribution is -2.56. The standard InChI is InChI=1S/C36H46ClN5O2/c1-3-40(4-2)26-34(28-11-6-5-7-12-28)41-19-10-20-42(22-21-41)36(44)33(23-27-15-17-31(37)18-16-27)39-35(43)32-24-29-13-8-9-14-30(29)25-38-32/h5-9,11-18,32-34,38H,3-4,10,19-26H2,1-2H3,(H,39,43)/t32-,33-,34?/m1/s1. The Morgan fingerprint density at radius 1 is 0.909 bits per heavy atom. The van der Waals surface area contributed by atoms with Gasteiger partial charge in [-0.1, -0.05) is 92.2 Å². The van der Waals surface area contributed by atoms with Gasteiger partial charge in [-0.3, -0.25) is 14.5 Å². The largest absolute Gasteiger partial charge is 0.343 e. The normalized spacial score (nSPS) is 18.7. The highest BCUT2D eigenvalue weighted by molar-refractivity contribution is 6.30. The van der Waals surface area contributed by atoms with Crippen LogP contribution in [0.5, 0.6) is 0 Å². The number of rotatable bonds is 11. The highest BCUT2D eigenvalue weighted by atomic mass is 35.5. The Morgan fingerprint density at radius 3 is 2.34 bits per heavy atom. The number of likely N-dealkylation sites (N-methyl/N-ethyl adjacent to an activating group) is 1. The summed E-state index contributed by atoms with van der Waals surface area (Å²) >= 11 is 6.15. The first-order chi connectivity index (χ1) is 21.4. The zero-order chi connectivity index (χ0) is 30.9. The Hall–Kier alpha value is -3.23. The maximum Gasteiger partial charge on any atom is 0.245 e. The zero-order valence-corrected chi connectivity index (χ0v) is 26.8. The first-order valence-electron chi connectivity index (χ1n) is 16.1. The van der Waals surface area contributed by atoms with Crippen LogP contribution in [0.2, 0.25) is 5.02 Å². The Bertz CT molecular complexity index is 1360. The van der Waals surface area contributed by atoms with Crippen LogP contribution in [0.15, 0.2) is 78.9 Å². The van der Waals surface area contributed by atoms with Gasteiger partial charge in [0, 0.05) is 56.8 Å². The number of hydrogen-bond acceptors (Lipinski definition) is 5. The summed E-state index contributed by atoms with van der Waals surface area (Å²) < 4.78 is 0. The molecule has 234 valence electrons. The van der Waals surface area contributed by atoms with Gasteiger partial charge in [-0.05, 0) is 60.3 Å². The molecule has 3 aromatic carbocycles. The Morgan fingerprint density at radius 2 is 1.61 bits per heavy atom. The van der Waals surface area contributed by atoms with E-state index in [2.05, 4.69) is 76.7 Å². The van der Waals surface area contributed by atoms with Gasteiger partial charge in [-0.15, -0.1) is 0 Å². The van der Waals surface area contributed by atoms with Gasteiger partial charge < -0.3 is 20.4 Å². The monoisotopic (exact) mass is 615 g/mol. The van der Waals surface area contributed by atoms with E-state index in [1.807, 2.05) is 41.3 Å². The van der Waals surface area contributed by atoms with Crippen LogP contribution in [0.4, 0.5) is 0 Å². The molecular weight excluding hydrogens is 570 g/mol. The maximum atomic E-state index is 14.2. The lowest BCUT2D eigenvalue weighted by Gasteiger charge is -2.35. The number of carbonyl (C=O) groups excluding carboxylic acids is 2. The summed E-state index contributed by atoms with van der Waals surface area (Å²) in [5.41, 5.74) is 4.68. The summed E-state index contributed by atoms with van der Waals surface area (Å²) in [5, 5.41) is 7.18. The van der Waals surface area contributed by atoms with Gasteiger partial charge in [0.2, 0.25) is 11.8 Å². The number of amides is 2. The molecule has 44 heavy (non-hydrogen) atoms. The molecule has 2 heterocycles. The van der Waals surface area contributed by atoms with Crippen molar-refractivity contribution in [2.24, 2.45) is 0 Å². The molecule has 0 aliphatic carbocycles. The fourth-order valence-corrected chi connectivity index (χ4v) is 6.62. The molecule has 1 saturated heterocycles. The lowest BCUT2D eigenvalue weighted by atomic mass is 9.95. The van der Waals surface area contributed by atoms with Gasteiger partial charge in [-0.2, -0.15) is 0 Å². The minimum atomic E-state index is -0.658. The van der Waals surface area contributed by atoms with E-state index in [-0.39, 0.29) is 23.9 Å². The van der Waals surface area contributed by atoms with Crippen LogP contribution in [0, 0.1) is 0 Å². The van der Waals surface area contributed by atoms with Crippen molar-refractivity contribution in [2.45, 2.75) is 57.8 Å². The number of fused-ring (bicyclic) bond motifs is 1. The van der Waals surface area contributed by atoms with Crippen LogP contribution < -0.4 is 10.6 Å². The number of hydrogen-bond donors (Lipinski definition) is 2. The minimum absolute atomic E-state index is 0.0219. The number of nitrogens with zero attached hydrogens (tertiary/aromatic N) is 3. The highest BCUT2D eigenvalue weighted by Crippen LogP contribution is 2.24. The summed E-state index contributed by atoms with van der Waals surface area (Å²) in [7, 11) is 0. The summed E-state index contributed by atoms with van der Waals surface area (Å²) in [6.07, 6.45) is 1.91. The van der Waals surface area contributed by atoms with Gasteiger partial charge in [0.1, 0.15) is 6.04 Å². The van der Waals surface area contributed by atoms with E-state index in [4.69, 9.17) is 11.6 Å². The number of nitrogens with one attached hydrogen (secondary N) is 2. The molecular formula is C36H46ClN5O2. The third-order valence-electron chi connectivity index (χ3n) is 9.16. The van der Waals surface area contributed by atoms with Gasteiger partial charge in [0.05, 0.1) is 6.04 Å². The molecule has 2 aliphatic heterocycles. The van der Waals surface area contributed by atoms with Crippen molar-refractivity contribution in [3.8, 4) is 0 Å². The van der Waals surface area contributed by atoms with Crippen molar-refractivity contribution in [3.05, 3.63) is 106 Å². The maximum absolute atomic E-state index is 14.2. The smallest absolute Gasteiger partial charge is 0.245 e. The van der Waals surface area contributed by atoms with Crippen molar-refractivity contribution >= 4 is 23.4 Å². The Kier molecular flexibility index (Phi) is 11.5. The molecule has 1 unspecified atom stereocenters. The first-order valence-corrected chi connectivity index (χ1v) is 16.5. The molecule has 1 fully saturated rings. The third-order valence-corrected chi connectivity index (χ3v) is 9.41. The van der Waals surface area contributed by atoms with Crippen LogP contribution in [-0.4, -0.2) is 84.4 Å². The molecule has 2 amide bonds. The molecule has 8 heteroatoms. The van der Waals surface area contributed by atoms with Crippen LogP contribution in [-0.2, 0) is 29.0 Å². The summed E-state index contributed by atoms with van der Waals surface area (Å²) in [4.78, 5) is 34.8. The average molecular weight is 616 g/mol. The van der Waals surface area contributed by atoms with Crippen molar-refractivity contribution in [3.63, 3.8) is 0 Å². The van der Waals surface area contributed by atoms with Crippen LogP contribution in [0.3, 0.4) is 0 Å². The van der Waals surface area contributed by atoms with E-state index >= 15 is 0 Å². The van der Waals surface area contributed by atoms with Crippen LogP contribution in [0.1, 0.15) is 48.6 Å². The molecule has 0 saturated carbocycles. The quantitative estimate of drug-likeness (QED) is 0.327. The molecule has 0 radical (unpaired) electrons. The molecule has 7 nitrogen and oxygen atoms in total. The molecule has 2 N–H and O–H groups in total. The molecule has 0 bridgehead atoms. The van der Waals surface area contributed by atoms with Crippen molar-refractivity contribution in [1.82, 2.24) is 25.3 Å². The van der Waals surface area contributed by atoms with E-state index in [1.54, 1.807) is 0 Å². The molecule has 3 atom stereocenters. The highest BCUT2D eigenvalue weighted by Gasteiger charge is 2.32. The van der Waals surface area contributed by atoms with Gasteiger partial charge >= 0.3 is 0 Å². The lowest BCUT2D eigenvalue weighted by molar-refractivity contribution is -0.136. The Balaban J connectivity index is 1.30. The van der Waals surface area contributed by atoms with E-state index in [0.717, 1.165) is 44.7 Å². The Labute approximate surface area is 267 Å². The van der Waals surface area contributed by atoms with E-state index in [0.29, 0.717) is 37.5 Å². The van der Waals surface area contributed by atoms with E-state index < -0.39 is 6.04 Å². The second-order valence-corrected chi connectivity index (χ2v) is 12.4. The van der Waals surface area contributed by atoms with Gasteiger partial charge in [-0.25, -0.2) is 0 Å². The summed E-state index contributed by atoms with van der Waals surface area (Å²) in [6.45, 7) is 11.0. The minimum Gasteiger partial charge on any atom is -0.343 e. The second-order valence-electron chi connectivity index (χ2n) is 11.9. The fourth-order valence-electron chi connectivity index (χ4n) is 6.49. The third kappa shape index (κ3) is 8.27. The summed E-state index contributed by atoms with van der Waals surface area (Å²) in [6, 6.07) is 25.7. The van der Waals surface area contributed by atoms with E-state index in [1.165, 1.54) is 16.7 Å². The molecule has 3 aromatic rings. The van der Waals surface area contributed by atoms with E-state index in [9.17, 15) is 9.59 Å². The fraction of sp³-hybridized carbons (Fsp3) is 0.444.